The second kappa shape index (κ2) is 7.86. The average molecular weight is 377 g/mol. The first kappa shape index (κ1) is 17.6. The van der Waals surface area contributed by atoms with Crippen LogP contribution in [0.25, 0.3) is 10.4 Å². The van der Waals surface area contributed by atoms with Crippen molar-refractivity contribution in [2.45, 2.75) is 12.6 Å². The lowest BCUT2D eigenvalue weighted by Crippen LogP contribution is -2.24. The number of nitrogens with one attached hydrogen (secondary N) is 1. The van der Waals surface area contributed by atoms with E-state index in [1.807, 2.05) is 54.3 Å². The molecule has 1 N–H and O–H groups in total. The van der Waals surface area contributed by atoms with Crippen LogP contribution in [0.5, 0.6) is 0 Å². The molecule has 0 fully saturated rings. The lowest BCUT2D eigenvalue weighted by molar-refractivity contribution is 0.561. The monoisotopic (exact) mass is 377 g/mol. The minimum absolute atomic E-state index is 0.0163. The maximum absolute atomic E-state index is 13.1. The number of aryl methyl sites for hydroxylation is 1. The normalized spacial score (nSPS) is 12.2. The number of thiophene rings is 1. The second-order valence-electron chi connectivity index (χ2n) is 6.39. The van der Waals surface area contributed by atoms with E-state index < -0.39 is 0 Å². The molecule has 2 aromatic heterocycles. The highest BCUT2D eigenvalue weighted by molar-refractivity contribution is 7.15. The standard InChI is InChI=1S/C22H20FN3S/c1-26-14-13-24-22(26)21(17-5-3-2-4-6-17)25-15-19-11-12-20(27-19)16-7-9-18(23)10-8-16/h2-14,21,25H,15H2,1H3. The van der Waals surface area contributed by atoms with E-state index >= 15 is 0 Å². The molecule has 0 aliphatic rings. The maximum atomic E-state index is 13.1. The van der Waals surface area contributed by atoms with Gasteiger partial charge >= 0.3 is 0 Å². The van der Waals surface area contributed by atoms with Crippen LogP contribution in [0.15, 0.2) is 79.1 Å². The molecule has 0 aliphatic carbocycles. The Morgan fingerprint density at radius 3 is 2.52 bits per heavy atom. The summed E-state index contributed by atoms with van der Waals surface area (Å²) in [5, 5.41) is 3.64. The minimum atomic E-state index is -0.210. The Labute approximate surface area is 162 Å². The average Bonchev–Trinajstić information content (AvgIpc) is 3.33. The van der Waals surface area contributed by atoms with Gasteiger partial charge in [0.1, 0.15) is 11.6 Å². The first-order valence-corrected chi connectivity index (χ1v) is 9.62. The van der Waals surface area contributed by atoms with E-state index in [9.17, 15) is 4.39 Å². The van der Waals surface area contributed by atoms with Gasteiger partial charge in [-0.15, -0.1) is 11.3 Å². The summed E-state index contributed by atoms with van der Waals surface area (Å²) >= 11 is 1.72. The summed E-state index contributed by atoms with van der Waals surface area (Å²) in [6.45, 7) is 0.734. The number of halogens is 1. The van der Waals surface area contributed by atoms with Gasteiger partial charge in [0.25, 0.3) is 0 Å². The first-order chi connectivity index (χ1) is 13.2. The highest BCUT2D eigenvalue weighted by Gasteiger charge is 2.18. The van der Waals surface area contributed by atoms with E-state index in [2.05, 4.69) is 34.6 Å². The van der Waals surface area contributed by atoms with Crippen LogP contribution in [0.1, 0.15) is 22.3 Å². The molecule has 1 atom stereocenters. The van der Waals surface area contributed by atoms with Crippen LogP contribution >= 0.6 is 11.3 Å². The van der Waals surface area contributed by atoms with E-state index in [0.717, 1.165) is 22.8 Å². The van der Waals surface area contributed by atoms with Crippen LogP contribution in [0, 0.1) is 5.82 Å². The van der Waals surface area contributed by atoms with E-state index in [0.29, 0.717) is 0 Å². The third-order valence-electron chi connectivity index (χ3n) is 4.52. The van der Waals surface area contributed by atoms with E-state index in [4.69, 9.17) is 0 Å². The quantitative estimate of drug-likeness (QED) is 0.503. The lowest BCUT2D eigenvalue weighted by atomic mass is 10.1. The fourth-order valence-electron chi connectivity index (χ4n) is 3.10. The van der Waals surface area contributed by atoms with Gasteiger partial charge in [-0.3, -0.25) is 5.32 Å². The SMILES string of the molecule is Cn1ccnc1C(NCc1ccc(-c2ccc(F)cc2)s1)c1ccccc1. The summed E-state index contributed by atoms with van der Waals surface area (Å²) in [4.78, 5) is 6.90. The number of nitrogens with zero attached hydrogens (tertiary/aromatic N) is 2. The molecular weight excluding hydrogens is 357 g/mol. The van der Waals surface area contributed by atoms with E-state index in [1.165, 1.54) is 22.6 Å². The summed E-state index contributed by atoms with van der Waals surface area (Å²) in [5.41, 5.74) is 2.22. The van der Waals surface area contributed by atoms with Crippen LogP contribution < -0.4 is 5.32 Å². The van der Waals surface area contributed by atoms with Gasteiger partial charge < -0.3 is 4.57 Å². The topological polar surface area (TPSA) is 29.9 Å². The van der Waals surface area contributed by atoms with Crippen molar-refractivity contribution in [3.63, 3.8) is 0 Å². The number of rotatable bonds is 6. The van der Waals surface area contributed by atoms with Crippen LogP contribution in [0.3, 0.4) is 0 Å². The van der Waals surface area contributed by atoms with Gasteiger partial charge in [-0.05, 0) is 35.4 Å². The molecule has 0 spiro atoms. The number of hydrogen-bond acceptors (Lipinski definition) is 3. The molecule has 0 saturated heterocycles. The number of hydrogen-bond donors (Lipinski definition) is 1. The molecule has 0 bridgehead atoms. The van der Waals surface area contributed by atoms with Crippen LogP contribution in [0.4, 0.5) is 4.39 Å². The summed E-state index contributed by atoms with van der Waals surface area (Å²) in [5.74, 6) is 0.773. The van der Waals surface area contributed by atoms with Crippen molar-refractivity contribution in [2.75, 3.05) is 0 Å². The zero-order chi connectivity index (χ0) is 18.6. The zero-order valence-electron chi connectivity index (χ0n) is 15.0. The van der Waals surface area contributed by atoms with Gasteiger partial charge in [-0.2, -0.15) is 0 Å². The molecular formula is C22H20FN3S. The Kier molecular flexibility index (Phi) is 5.14. The molecule has 2 aromatic carbocycles. The van der Waals surface area contributed by atoms with Crippen molar-refractivity contribution in [3.05, 3.63) is 101 Å². The molecule has 0 aliphatic heterocycles. The molecule has 0 saturated carbocycles. The Hall–Kier alpha value is -2.76. The van der Waals surface area contributed by atoms with E-state index in [-0.39, 0.29) is 11.9 Å². The van der Waals surface area contributed by atoms with Gasteiger partial charge in [0.2, 0.25) is 0 Å². The van der Waals surface area contributed by atoms with Crippen LogP contribution in [0.2, 0.25) is 0 Å². The third-order valence-corrected chi connectivity index (χ3v) is 5.65. The second-order valence-corrected chi connectivity index (χ2v) is 7.56. The Morgan fingerprint density at radius 2 is 1.81 bits per heavy atom. The molecule has 1 unspecified atom stereocenters. The van der Waals surface area contributed by atoms with Gasteiger partial charge in [0.05, 0.1) is 6.04 Å². The highest BCUT2D eigenvalue weighted by Crippen LogP contribution is 2.29. The predicted molar refractivity (Wildman–Crippen MR) is 108 cm³/mol. The van der Waals surface area contributed by atoms with Crippen LogP contribution in [-0.4, -0.2) is 9.55 Å². The van der Waals surface area contributed by atoms with Crippen molar-refractivity contribution in [1.29, 1.82) is 0 Å². The summed E-state index contributed by atoms with van der Waals surface area (Å²) < 4.78 is 15.2. The van der Waals surface area contributed by atoms with Gasteiger partial charge in [-0.1, -0.05) is 42.5 Å². The first-order valence-electron chi connectivity index (χ1n) is 8.81. The minimum Gasteiger partial charge on any atom is -0.336 e. The summed E-state index contributed by atoms with van der Waals surface area (Å²) in [6, 6.07) is 21.2. The number of imidazole rings is 1. The molecule has 136 valence electrons. The molecule has 5 heteroatoms. The largest absolute Gasteiger partial charge is 0.336 e. The van der Waals surface area contributed by atoms with Crippen LogP contribution in [-0.2, 0) is 13.6 Å². The Balaban J connectivity index is 1.53. The van der Waals surface area contributed by atoms with Crippen molar-refractivity contribution in [1.82, 2.24) is 14.9 Å². The van der Waals surface area contributed by atoms with Crippen molar-refractivity contribution in [2.24, 2.45) is 7.05 Å². The Morgan fingerprint density at radius 1 is 1.04 bits per heavy atom. The molecule has 3 nitrogen and oxygen atoms in total. The smallest absolute Gasteiger partial charge is 0.130 e. The van der Waals surface area contributed by atoms with Gasteiger partial charge in [-0.25, -0.2) is 9.37 Å². The molecule has 0 amide bonds. The Bertz CT molecular complexity index is 1010. The molecule has 0 radical (unpaired) electrons. The van der Waals surface area contributed by atoms with Crippen molar-refractivity contribution in [3.8, 4) is 10.4 Å². The molecule has 2 heterocycles. The predicted octanol–water partition coefficient (Wildman–Crippen LogP) is 5.17. The lowest BCUT2D eigenvalue weighted by Gasteiger charge is -2.18. The molecule has 27 heavy (non-hydrogen) atoms. The molecule has 4 aromatic rings. The summed E-state index contributed by atoms with van der Waals surface area (Å²) in [6.07, 6.45) is 3.79. The number of benzene rings is 2. The summed E-state index contributed by atoms with van der Waals surface area (Å²) in [7, 11) is 2.01. The van der Waals surface area contributed by atoms with Crippen molar-refractivity contribution < 1.29 is 4.39 Å². The fraction of sp³-hybridized carbons (Fsp3) is 0.136. The zero-order valence-corrected chi connectivity index (χ0v) is 15.8. The number of aromatic nitrogens is 2. The van der Waals surface area contributed by atoms with E-state index in [1.54, 1.807) is 11.3 Å². The highest BCUT2D eigenvalue weighted by atomic mass is 32.1. The van der Waals surface area contributed by atoms with Gasteiger partial charge in [0.15, 0.2) is 0 Å². The fourth-order valence-corrected chi connectivity index (χ4v) is 4.07. The third kappa shape index (κ3) is 3.99. The molecule has 4 rings (SSSR count). The maximum Gasteiger partial charge on any atom is 0.130 e. The van der Waals surface area contributed by atoms with Crippen molar-refractivity contribution >= 4 is 11.3 Å². The van der Waals surface area contributed by atoms with Gasteiger partial charge in [0, 0.05) is 35.7 Å².